The first-order chi connectivity index (χ1) is 10.5. The minimum atomic E-state index is -0.177. The van der Waals surface area contributed by atoms with E-state index in [0.29, 0.717) is 11.5 Å². The van der Waals surface area contributed by atoms with Crippen LogP contribution in [0, 0.1) is 19.7 Å². The van der Waals surface area contributed by atoms with Gasteiger partial charge in [-0.3, -0.25) is 4.99 Å². The van der Waals surface area contributed by atoms with Gasteiger partial charge in [-0.05, 0) is 55.0 Å². The van der Waals surface area contributed by atoms with E-state index in [1.807, 2.05) is 13.0 Å². The predicted octanol–water partition coefficient (Wildman–Crippen LogP) is 3.93. The lowest BCUT2D eigenvalue weighted by atomic mass is 10.1. The van der Waals surface area contributed by atoms with Crippen molar-refractivity contribution in [2.75, 3.05) is 7.05 Å². The van der Waals surface area contributed by atoms with Crippen LogP contribution in [0.2, 0.25) is 0 Å². The van der Waals surface area contributed by atoms with E-state index in [2.05, 4.69) is 34.0 Å². The third-order valence-electron chi connectivity index (χ3n) is 3.66. The van der Waals surface area contributed by atoms with Gasteiger partial charge in [-0.2, -0.15) is 0 Å². The summed E-state index contributed by atoms with van der Waals surface area (Å²) >= 11 is 1.73. The zero-order valence-electron chi connectivity index (χ0n) is 13.4. The summed E-state index contributed by atoms with van der Waals surface area (Å²) in [7, 11) is 1.74. The molecule has 1 heterocycles. The molecular weight excluding hydrogens is 297 g/mol. The minimum Gasteiger partial charge on any atom is -0.351 e. The number of aryl methyl sites for hydroxylation is 2. The first kappa shape index (κ1) is 16.5. The topological polar surface area (TPSA) is 36.4 Å². The van der Waals surface area contributed by atoms with Crippen LogP contribution < -0.4 is 10.6 Å². The predicted molar refractivity (Wildman–Crippen MR) is 91.9 cm³/mol. The third kappa shape index (κ3) is 4.07. The van der Waals surface area contributed by atoms with Crippen LogP contribution in [0.25, 0.3) is 0 Å². The van der Waals surface area contributed by atoms with E-state index < -0.39 is 0 Å². The molecular formula is C17H22FN3S. The minimum absolute atomic E-state index is 0.0225. The van der Waals surface area contributed by atoms with Gasteiger partial charge in [-0.25, -0.2) is 4.39 Å². The molecule has 1 atom stereocenters. The quantitative estimate of drug-likeness (QED) is 0.662. The lowest BCUT2D eigenvalue weighted by Crippen LogP contribution is -2.38. The Morgan fingerprint density at radius 1 is 1.27 bits per heavy atom. The van der Waals surface area contributed by atoms with Crippen molar-refractivity contribution in [2.24, 2.45) is 4.99 Å². The molecule has 0 bridgehead atoms. The fourth-order valence-electron chi connectivity index (χ4n) is 2.11. The summed E-state index contributed by atoms with van der Waals surface area (Å²) in [6, 6.07) is 7.39. The van der Waals surface area contributed by atoms with Crippen LogP contribution in [-0.4, -0.2) is 13.0 Å². The Morgan fingerprint density at radius 2 is 2.05 bits per heavy atom. The first-order valence-corrected chi connectivity index (χ1v) is 8.15. The van der Waals surface area contributed by atoms with Gasteiger partial charge in [0.1, 0.15) is 5.82 Å². The molecule has 1 aromatic heterocycles. The second-order valence-electron chi connectivity index (χ2n) is 5.33. The number of hydrogen-bond donors (Lipinski definition) is 2. The first-order valence-electron chi connectivity index (χ1n) is 7.27. The largest absolute Gasteiger partial charge is 0.351 e. The van der Waals surface area contributed by atoms with Crippen LogP contribution in [0.15, 0.2) is 34.6 Å². The molecule has 0 radical (unpaired) electrons. The maximum absolute atomic E-state index is 13.7. The number of halogens is 1. The molecule has 2 aromatic rings. The van der Waals surface area contributed by atoms with Gasteiger partial charge in [-0.15, -0.1) is 11.3 Å². The van der Waals surface area contributed by atoms with Crippen LogP contribution in [0.3, 0.4) is 0 Å². The Balaban J connectivity index is 1.97. The standard InChI is InChI=1S/C17H22FN3S/c1-11-5-6-14(9-15(11)18)13(3)21-17(19-4)20-10-16-12(2)7-8-22-16/h5-9,13H,10H2,1-4H3,(H2,19,20,21). The second kappa shape index (κ2) is 7.40. The number of rotatable bonds is 4. The van der Waals surface area contributed by atoms with Gasteiger partial charge < -0.3 is 10.6 Å². The lowest BCUT2D eigenvalue weighted by Gasteiger charge is -2.18. The number of benzene rings is 1. The van der Waals surface area contributed by atoms with E-state index in [1.165, 1.54) is 10.4 Å². The molecule has 0 spiro atoms. The zero-order chi connectivity index (χ0) is 16.1. The molecule has 2 rings (SSSR count). The average molecular weight is 319 g/mol. The van der Waals surface area contributed by atoms with Gasteiger partial charge >= 0.3 is 0 Å². The van der Waals surface area contributed by atoms with Crippen molar-refractivity contribution < 1.29 is 4.39 Å². The Labute approximate surface area is 135 Å². The summed E-state index contributed by atoms with van der Waals surface area (Å²) in [5.74, 6) is 0.532. The molecule has 0 saturated carbocycles. The Morgan fingerprint density at radius 3 is 2.64 bits per heavy atom. The van der Waals surface area contributed by atoms with Gasteiger partial charge in [0.2, 0.25) is 0 Å². The molecule has 1 unspecified atom stereocenters. The Hall–Kier alpha value is -1.88. The van der Waals surface area contributed by atoms with Crippen LogP contribution in [0.4, 0.5) is 4.39 Å². The van der Waals surface area contributed by atoms with E-state index in [4.69, 9.17) is 0 Å². The van der Waals surface area contributed by atoms with Crippen molar-refractivity contribution >= 4 is 17.3 Å². The molecule has 0 saturated heterocycles. The number of hydrogen-bond acceptors (Lipinski definition) is 2. The summed E-state index contributed by atoms with van der Waals surface area (Å²) in [5.41, 5.74) is 2.84. The van der Waals surface area contributed by atoms with Crippen LogP contribution in [0.5, 0.6) is 0 Å². The molecule has 2 N–H and O–H groups in total. The number of nitrogens with zero attached hydrogens (tertiary/aromatic N) is 1. The van der Waals surface area contributed by atoms with Crippen LogP contribution >= 0.6 is 11.3 Å². The van der Waals surface area contributed by atoms with Crippen molar-refractivity contribution in [3.63, 3.8) is 0 Å². The van der Waals surface area contributed by atoms with Gasteiger partial charge in [0.15, 0.2) is 5.96 Å². The van der Waals surface area contributed by atoms with Crippen molar-refractivity contribution in [1.29, 1.82) is 0 Å². The van der Waals surface area contributed by atoms with E-state index in [0.717, 1.165) is 12.1 Å². The summed E-state index contributed by atoms with van der Waals surface area (Å²) < 4.78 is 13.7. The molecule has 0 aliphatic heterocycles. The van der Waals surface area contributed by atoms with Gasteiger partial charge in [0, 0.05) is 11.9 Å². The van der Waals surface area contributed by atoms with E-state index in [9.17, 15) is 4.39 Å². The molecule has 0 aliphatic carbocycles. The highest BCUT2D eigenvalue weighted by Crippen LogP contribution is 2.17. The van der Waals surface area contributed by atoms with E-state index >= 15 is 0 Å². The molecule has 118 valence electrons. The lowest BCUT2D eigenvalue weighted by molar-refractivity contribution is 0.607. The maximum atomic E-state index is 13.7. The van der Waals surface area contributed by atoms with Crippen LogP contribution in [-0.2, 0) is 6.54 Å². The summed E-state index contributed by atoms with van der Waals surface area (Å²) in [6.45, 7) is 6.59. The molecule has 0 fully saturated rings. The number of nitrogens with one attached hydrogen (secondary N) is 2. The van der Waals surface area contributed by atoms with Crippen molar-refractivity contribution in [3.8, 4) is 0 Å². The summed E-state index contributed by atoms with van der Waals surface area (Å²) in [4.78, 5) is 5.52. The summed E-state index contributed by atoms with van der Waals surface area (Å²) in [5, 5.41) is 8.67. The smallest absolute Gasteiger partial charge is 0.191 e. The third-order valence-corrected chi connectivity index (χ3v) is 4.68. The Kier molecular flexibility index (Phi) is 5.55. The zero-order valence-corrected chi connectivity index (χ0v) is 14.2. The number of thiophene rings is 1. The molecule has 3 nitrogen and oxygen atoms in total. The molecule has 0 amide bonds. The van der Waals surface area contributed by atoms with Gasteiger partial charge in [-0.1, -0.05) is 12.1 Å². The summed E-state index contributed by atoms with van der Waals surface area (Å²) in [6.07, 6.45) is 0. The second-order valence-corrected chi connectivity index (χ2v) is 6.33. The number of aliphatic imine (C=N–C) groups is 1. The van der Waals surface area contributed by atoms with Crippen LogP contribution in [0.1, 0.15) is 34.5 Å². The monoisotopic (exact) mass is 319 g/mol. The maximum Gasteiger partial charge on any atom is 0.191 e. The average Bonchev–Trinajstić information content (AvgIpc) is 2.91. The highest BCUT2D eigenvalue weighted by Gasteiger charge is 2.10. The normalized spacial score (nSPS) is 13.0. The molecule has 5 heteroatoms. The molecule has 0 aliphatic rings. The van der Waals surface area contributed by atoms with Crippen molar-refractivity contribution in [1.82, 2.24) is 10.6 Å². The molecule has 1 aromatic carbocycles. The van der Waals surface area contributed by atoms with Crippen molar-refractivity contribution in [3.05, 3.63) is 57.0 Å². The highest BCUT2D eigenvalue weighted by molar-refractivity contribution is 7.10. The van der Waals surface area contributed by atoms with E-state index in [1.54, 1.807) is 37.4 Å². The molecule has 22 heavy (non-hydrogen) atoms. The van der Waals surface area contributed by atoms with Gasteiger partial charge in [0.25, 0.3) is 0 Å². The fraction of sp³-hybridized carbons (Fsp3) is 0.353. The van der Waals surface area contributed by atoms with Gasteiger partial charge in [0.05, 0.1) is 12.6 Å². The Bertz CT molecular complexity index is 664. The highest BCUT2D eigenvalue weighted by atomic mass is 32.1. The SMILES string of the molecule is CN=C(NCc1sccc1C)NC(C)c1ccc(C)c(F)c1. The van der Waals surface area contributed by atoms with Crippen molar-refractivity contribution in [2.45, 2.75) is 33.4 Å². The number of guanidine groups is 1. The fourth-order valence-corrected chi connectivity index (χ4v) is 2.96. The van der Waals surface area contributed by atoms with E-state index in [-0.39, 0.29) is 11.9 Å².